The van der Waals surface area contributed by atoms with Gasteiger partial charge in [0.05, 0.1) is 35.3 Å². The quantitative estimate of drug-likeness (QED) is 0.519. The Hall–Kier alpha value is -2.69. The Morgan fingerprint density at radius 2 is 1.88 bits per heavy atom. The molecule has 1 atom stereocenters. The number of carbonyl (C=O) groups is 1. The minimum Gasteiger partial charge on any atom is -0.302 e. The van der Waals surface area contributed by atoms with Crippen molar-refractivity contribution in [2.75, 3.05) is 11.1 Å². The van der Waals surface area contributed by atoms with Crippen molar-refractivity contribution in [2.45, 2.75) is 57.6 Å². The SMILES string of the molecule is CC[C@H]1c2nc(NC(=O)Cc3ccc(S(=O)(=O)CC)cc3)sc2CN1Cc1ncc(C)cn1. The van der Waals surface area contributed by atoms with Gasteiger partial charge in [-0.1, -0.05) is 26.0 Å². The predicted molar refractivity (Wildman–Crippen MR) is 128 cm³/mol. The van der Waals surface area contributed by atoms with Crippen LogP contribution in [0.2, 0.25) is 0 Å². The topological polar surface area (TPSA) is 105 Å². The van der Waals surface area contributed by atoms with Gasteiger partial charge in [-0.3, -0.25) is 9.69 Å². The highest BCUT2D eigenvalue weighted by molar-refractivity contribution is 7.91. The summed E-state index contributed by atoms with van der Waals surface area (Å²) in [5.41, 5.74) is 2.80. The van der Waals surface area contributed by atoms with Gasteiger partial charge in [-0.2, -0.15) is 0 Å². The molecule has 0 aliphatic carbocycles. The van der Waals surface area contributed by atoms with Crippen LogP contribution in [0.15, 0.2) is 41.6 Å². The number of hydrogen-bond acceptors (Lipinski definition) is 8. The molecular weight excluding hydrogens is 458 g/mol. The highest BCUT2D eigenvalue weighted by Crippen LogP contribution is 2.40. The number of anilines is 1. The largest absolute Gasteiger partial charge is 0.302 e. The van der Waals surface area contributed by atoms with Crippen molar-refractivity contribution in [3.63, 3.8) is 0 Å². The van der Waals surface area contributed by atoms with Crippen LogP contribution in [0.5, 0.6) is 0 Å². The molecule has 174 valence electrons. The summed E-state index contributed by atoms with van der Waals surface area (Å²) in [6.45, 7) is 7.13. The van der Waals surface area contributed by atoms with Gasteiger partial charge in [0.2, 0.25) is 5.91 Å². The van der Waals surface area contributed by atoms with Crippen molar-refractivity contribution in [1.29, 1.82) is 0 Å². The molecule has 1 aliphatic rings. The molecule has 8 nitrogen and oxygen atoms in total. The molecule has 33 heavy (non-hydrogen) atoms. The lowest BCUT2D eigenvalue weighted by atomic mass is 10.1. The molecule has 1 N–H and O–H groups in total. The number of carbonyl (C=O) groups excluding carboxylic acids is 1. The molecule has 10 heteroatoms. The van der Waals surface area contributed by atoms with E-state index in [4.69, 9.17) is 4.98 Å². The molecule has 1 aromatic carbocycles. The second-order valence-electron chi connectivity index (χ2n) is 8.11. The second-order valence-corrected chi connectivity index (χ2v) is 11.5. The van der Waals surface area contributed by atoms with E-state index in [1.807, 2.05) is 19.3 Å². The van der Waals surface area contributed by atoms with E-state index in [0.29, 0.717) is 11.7 Å². The van der Waals surface area contributed by atoms with Gasteiger partial charge in [-0.25, -0.2) is 23.4 Å². The monoisotopic (exact) mass is 485 g/mol. The summed E-state index contributed by atoms with van der Waals surface area (Å²) in [6.07, 6.45) is 4.72. The average molecular weight is 486 g/mol. The zero-order valence-corrected chi connectivity index (χ0v) is 20.5. The lowest BCUT2D eigenvalue weighted by Crippen LogP contribution is -2.23. The average Bonchev–Trinajstić information content (AvgIpc) is 3.31. The third-order valence-corrected chi connectivity index (χ3v) is 8.39. The minimum atomic E-state index is -3.25. The van der Waals surface area contributed by atoms with Gasteiger partial charge < -0.3 is 5.32 Å². The van der Waals surface area contributed by atoms with Gasteiger partial charge in [0, 0.05) is 23.8 Å². The Bertz CT molecular complexity index is 1240. The third-order valence-electron chi connectivity index (χ3n) is 5.67. The van der Waals surface area contributed by atoms with Crippen LogP contribution in [0.4, 0.5) is 5.13 Å². The van der Waals surface area contributed by atoms with E-state index in [-0.39, 0.29) is 29.0 Å². The van der Waals surface area contributed by atoms with E-state index in [0.717, 1.165) is 40.5 Å². The summed E-state index contributed by atoms with van der Waals surface area (Å²) >= 11 is 1.50. The molecule has 0 saturated heterocycles. The Morgan fingerprint density at radius 1 is 1.18 bits per heavy atom. The fourth-order valence-corrected chi connectivity index (χ4v) is 5.83. The number of benzene rings is 1. The summed E-state index contributed by atoms with van der Waals surface area (Å²) in [4.78, 5) is 29.8. The molecular formula is C23H27N5O3S2. The summed E-state index contributed by atoms with van der Waals surface area (Å²) in [5, 5.41) is 3.50. The fourth-order valence-electron chi connectivity index (χ4n) is 3.89. The van der Waals surface area contributed by atoms with Gasteiger partial charge in [0.1, 0.15) is 5.82 Å². The van der Waals surface area contributed by atoms with Gasteiger partial charge >= 0.3 is 0 Å². The van der Waals surface area contributed by atoms with Gasteiger partial charge in [0.15, 0.2) is 15.0 Å². The van der Waals surface area contributed by atoms with E-state index in [1.54, 1.807) is 31.2 Å². The van der Waals surface area contributed by atoms with Crippen LogP contribution < -0.4 is 5.32 Å². The van der Waals surface area contributed by atoms with E-state index in [9.17, 15) is 13.2 Å². The van der Waals surface area contributed by atoms with Crippen LogP contribution in [0.25, 0.3) is 0 Å². The van der Waals surface area contributed by atoms with Crippen LogP contribution in [-0.4, -0.2) is 39.9 Å². The Balaban J connectivity index is 1.38. The van der Waals surface area contributed by atoms with E-state index >= 15 is 0 Å². The van der Waals surface area contributed by atoms with Gasteiger partial charge in [0.25, 0.3) is 0 Å². The van der Waals surface area contributed by atoms with Crippen molar-refractivity contribution in [2.24, 2.45) is 0 Å². The fraction of sp³-hybridized carbons (Fsp3) is 0.391. The zero-order valence-electron chi connectivity index (χ0n) is 18.9. The summed E-state index contributed by atoms with van der Waals surface area (Å²) in [5.74, 6) is 0.669. The lowest BCUT2D eigenvalue weighted by Gasteiger charge is -2.22. The summed E-state index contributed by atoms with van der Waals surface area (Å²) in [6, 6.07) is 6.64. The minimum absolute atomic E-state index is 0.0514. The highest BCUT2D eigenvalue weighted by atomic mass is 32.2. The maximum Gasteiger partial charge on any atom is 0.230 e. The van der Waals surface area contributed by atoms with Crippen LogP contribution in [0.3, 0.4) is 0 Å². The first-order valence-electron chi connectivity index (χ1n) is 10.9. The summed E-state index contributed by atoms with van der Waals surface area (Å²) < 4.78 is 23.9. The number of hydrogen-bond donors (Lipinski definition) is 1. The molecule has 0 radical (unpaired) electrons. The van der Waals surface area contributed by atoms with E-state index in [2.05, 4.69) is 27.1 Å². The molecule has 0 fully saturated rings. The molecule has 2 aromatic heterocycles. The predicted octanol–water partition coefficient (Wildman–Crippen LogP) is 3.68. The van der Waals surface area contributed by atoms with Gasteiger partial charge in [-0.15, -0.1) is 11.3 Å². The smallest absolute Gasteiger partial charge is 0.230 e. The molecule has 3 heterocycles. The normalized spacial score (nSPS) is 16.0. The Labute approximate surface area is 198 Å². The Kier molecular flexibility index (Phi) is 6.87. The van der Waals surface area contributed by atoms with Crippen LogP contribution >= 0.6 is 11.3 Å². The maximum atomic E-state index is 12.5. The molecule has 0 spiro atoms. The number of sulfone groups is 1. The maximum absolute atomic E-state index is 12.5. The molecule has 3 aromatic rings. The molecule has 1 aliphatic heterocycles. The number of nitrogens with one attached hydrogen (secondary N) is 1. The van der Waals surface area contributed by atoms with Crippen molar-refractivity contribution >= 4 is 32.2 Å². The number of amides is 1. The molecule has 4 rings (SSSR count). The molecule has 0 bridgehead atoms. The molecule has 0 unspecified atom stereocenters. The second kappa shape index (κ2) is 9.66. The van der Waals surface area contributed by atoms with Gasteiger partial charge in [-0.05, 0) is 36.6 Å². The van der Waals surface area contributed by atoms with Crippen LogP contribution in [-0.2, 0) is 34.1 Å². The Morgan fingerprint density at radius 3 is 2.52 bits per heavy atom. The highest BCUT2D eigenvalue weighted by Gasteiger charge is 2.33. The van der Waals surface area contributed by atoms with E-state index < -0.39 is 9.84 Å². The van der Waals surface area contributed by atoms with Crippen molar-refractivity contribution < 1.29 is 13.2 Å². The van der Waals surface area contributed by atoms with Crippen LogP contribution in [0, 0.1) is 6.92 Å². The number of rotatable bonds is 8. The van der Waals surface area contributed by atoms with Crippen molar-refractivity contribution in [3.8, 4) is 0 Å². The lowest BCUT2D eigenvalue weighted by molar-refractivity contribution is -0.115. The third kappa shape index (κ3) is 5.29. The molecule has 0 saturated carbocycles. The first kappa shape index (κ1) is 23.5. The summed E-state index contributed by atoms with van der Waals surface area (Å²) in [7, 11) is -3.25. The number of aryl methyl sites for hydroxylation is 1. The van der Waals surface area contributed by atoms with E-state index in [1.165, 1.54) is 11.3 Å². The molecule has 1 amide bonds. The van der Waals surface area contributed by atoms with Crippen molar-refractivity contribution in [3.05, 3.63) is 64.2 Å². The number of nitrogens with zero attached hydrogens (tertiary/aromatic N) is 4. The number of aromatic nitrogens is 3. The standard InChI is InChI=1S/C23H27N5O3S2/c1-4-18-22-19(13-28(18)14-20-24-11-15(3)12-25-20)32-23(27-22)26-21(29)10-16-6-8-17(9-7-16)33(30,31)5-2/h6-9,11-12,18H,4-5,10,13-14H2,1-3H3,(H,26,27,29)/t18-/m0/s1. The first-order valence-corrected chi connectivity index (χ1v) is 13.4. The number of fused-ring (bicyclic) bond motifs is 1. The number of thiazole rings is 1. The van der Waals surface area contributed by atoms with Crippen molar-refractivity contribution in [1.82, 2.24) is 19.9 Å². The first-order chi connectivity index (χ1) is 15.8. The zero-order chi connectivity index (χ0) is 23.6. The van der Waals surface area contributed by atoms with Crippen LogP contribution in [0.1, 0.15) is 53.8 Å².